The van der Waals surface area contributed by atoms with Crippen LogP contribution in [0.2, 0.25) is 0 Å². The van der Waals surface area contributed by atoms with Crippen LogP contribution in [-0.2, 0) is 18.0 Å². The molecule has 1 saturated carbocycles. The number of aryl methyl sites for hydroxylation is 1. The lowest BCUT2D eigenvalue weighted by Gasteiger charge is -2.14. The molecule has 1 fully saturated rings. The molecular weight excluding hydrogens is 388 g/mol. The molecule has 0 N–H and O–H groups in total. The van der Waals surface area contributed by atoms with Crippen LogP contribution in [0.4, 0.5) is 0 Å². The van der Waals surface area contributed by atoms with Crippen molar-refractivity contribution in [3.63, 3.8) is 0 Å². The third-order valence-corrected chi connectivity index (χ3v) is 5.39. The van der Waals surface area contributed by atoms with Gasteiger partial charge in [0.15, 0.2) is 0 Å². The average molecular weight is 413 g/mol. The monoisotopic (exact) mass is 412 g/mol. The first kappa shape index (κ1) is 19.6. The summed E-state index contributed by atoms with van der Waals surface area (Å²) in [5, 5.41) is 4.82. The van der Waals surface area contributed by atoms with Crippen molar-refractivity contribution in [2.45, 2.75) is 38.9 Å². The fourth-order valence-corrected chi connectivity index (χ4v) is 3.72. The van der Waals surface area contributed by atoms with Crippen molar-refractivity contribution in [1.82, 2.24) is 19.2 Å². The third-order valence-electron chi connectivity index (χ3n) is 5.00. The van der Waals surface area contributed by atoms with Gasteiger partial charge in [0.2, 0.25) is 4.77 Å². The van der Waals surface area contributed by atoms with Crippen LogP contribution in [0.3, 0.4) is 0 Å². The molecule has 29 heavy (non-hydrogen) atoms. The second kappa shape index (κ2) is 7.96. The van der Waals surface area contributed by atoms with E-state index in [0.717, 1.165) is 24.4 Å². The zero-order valence-corrected chi connectivity index (χ0v) is 17.6. The standard InChI is InChI=1S/C21H24N4O3S/c1-14-18(20(26)27-3)11-17(28-14)12-23(2)13-24-21(29)25(16-7-5-4-6-8-16)19(22-24)15-9-10-15/h4-8,11,15H,9-10,12-13H2,1-3H3. The number of benzene rings is 1. The quantitative estimate of drug-likeness (QED) is 0.431. The van der Waals surface area contributed by atoms with Crippen molar-refractivity contribution in [2.24, 2.45) is 0 Å². The van der Waals surface area contributed by atoms with E-state index < -0.39 is 5.97 Å². The number of ether oxygens (including phenoxy) is 1. The Morgan fingerprint density at radius 3 is 2.72 bits per heavy atom. The molecule has 4 rings (SSSR count). The van der Waals surface area contributed by atoms with Gasteiger partial charge in [0, 0.05) is 11.6 Å². The van der Waals surface area contributed by atoms with Gasteiger partial charge in [-0.15, -0.1) is 0 Å². The molecule has 0 aliphatic heterocycles. The zero-order chi connectivity index (χ0) is 20.5. The van der Waals surface area contributed by atoms with E-state index >= 15 is 0 Å². The highest BCUT2D eigenvalue weighted by molar-refractivity contribution is 7.71. The first-order valence-electron chi connectivity index (χ1n) is 9.59. The minimum atomic E-state index is -0.391. The highest BCUT2D eigenvalue weighted by atomic mass is 32.1. The smallest absolute Gasteiger partial charge is 0.341 e. The van der Waals surface area contributed by atoms with E-state index in [1.165, 1.54) is 7.11 Å². The van der Waals surface area contributed by atoms with Crippen LogP contribution >= 0.6 is 12.2 Å². The van der Waals surface area contributed by atoms with Gasteiger partial charge >= 0.3 is 5.97 Å². The van der Waals surface area contributed by atoms with Crippen molar-refractivity contribution < 1.29 is 13.9 Å². The van der Waals surface area contributed by atoms with Gasteiger partial charge in [-0.3, -0.25) is 9.47 Å². The van der Waals surface area contributed by atoms with Crippen LogP contribution in [0.1, 0.15) is 46.5 Å². The number of rotatable bonds is 7. The number of carbonyl (C=O) groups excluding carboxylic acids is 1. The normalized spacial score (nSPS) is 13.8. The molecule has 0 radical (unpaired) electrons. The number of nitrogens with zero attached hydrogens (tertiary/aromatic N) is 4. The zero-order valence-electron chi connectivity index (χ0n) is 16.8. The Balaban J connectivity index is 1.55. The topological polar surface area (TPSA) is 65.4 Å². The van der Waals surface area contributed by atoms with E-state index in [1.54, 1.807) is 13.0 Å². The van der Waals surface area contributed by atoms with Gasteiger partial charge in [-0.05, 0) is 57.2 Å². The van der Waals surface area contributed by atoms with Crippen LogP contribution in [0.5, 0.6) is 0 Å². The summed E-state index contributed by atoms with van der Waals surface area (Å²) >= 11 is 5.75. The summed E-state index contributed by atoms with van der Waals surface area (Å²) in [5.74, 6) is 2.36. The third kappa shape index (κ3) is 4.04. The molecule has 1 aliphatic rings. The van der Waals surface area contributed by atoms with E-state index in [2.05, 4.69) is 16.7 Å². The fraction of sp³-hybridized carbons (Fsp3) is 0.381. The number of para-hydroxylation sites is 1. The Morgan fingerprint density at radius 2 is 2.07 bits per heavy atom. The summed E-state index contributed by atoms with van der Waals surface area (Å²) < 4.78 is 15.1. The lowest BCUT2D eigenvalue weighted by molar-refractivity contribution is 0.0599. The van der Waals surface area contributed by atoms with Gasteiger partial charge in [0.25, 0.3) is 0 Å². The molecule has 152 valence electrons. The Hall–Kier alpha value is -2.71. The summed E-state index contributed by atoms with van der Waals surface area (Å²) in [5.41, 5.74) is 1.49. The maximum absolute atomic E-state index is 11.8. The van der Waals surface area contributed by atoms with Gasteiger partial charge in [-0.1, -0.05) is 18.2 Å². The Morgan fingerprint density at radius 1 is 1.34 bits per heavy atom. The second-order valence-corrected chi connectivity index (χ2v) is 7.78. The van der Waals surface area contributed by atoms with Crippen LogP contribution in [-0.4, -0.2) is 39.4 Å². The number of aromatic nitrogens is 3. The fourth-order valence-electron chi connectivity index (χ4n) is 3.42. The van der Waals surface area contributed by atoms with E-state index in [1.807, 2.05) is 34.8 Å². The molecule has 7 nitrogen and oxygen atoms in total. The number of carbonyl (C=O) groups is 1. The molecule has 0 spiro atoms. The summed E-state index contributed by atoms with van der Waals surface area (Å²) in [7, 11) is 3.33. The van der Waals surface area contributed by atoms with Crippen molar-refractivity contribution in [3.05, 3.63) is 64.1 Å². The molecular formula is C21H24N4O3S. The molecule has 0 saturated heterocycles. The molecule has 8 heteroatoms. The second-order valence-electron chi connectivity index (χ2n) is 7.42. The Bertz CT molecular complexity index is 1080. The van der Waals surface area contributed by atoms with Gasteiger partial charge in [0.1, 0.15) is 22.9 Å². The van der Waals surface area contributed by atoms with Gasteiger partial charge in [-0.2, -0.15) is 5.10 Å². The summed E-state index contributed by atoms with van der Waals surface area (Å²) in [4.78, 5) is 13.8. The first-order chi connectivity index (χ1) is 14.0. The maximum atomic E-state index is 11.8. The molecule has 3 aromatic rings. The van der Waals surface area contributed by atoms with Gasteiger partial charge in [0.05, 0.1) is 20.3 Å². The minimum absolute atomic E-state index is 0.391. The molecule has 1 aliphatic carbocycles. The highest BCUT2D eigenvalue weighted by Crippen LogP contribution is 2.40. The SMILES string of the molecule is COC(=O)c1cc(CN(C)Cn2nc(C3CC3)n(-c3ccccc3)c2=S)oc1C. The lowest BCUT2D eigenvalue weighted by atomic mass is 10.2. The maximum Gasteiger partial charge on any atom is 0.341 e. The number of hydrogen-bond donors (Lipinski definition) is 0. The van der Waals surface area contributed by atoms with Crippen LogP contribution < -0.4 is 0 Å². The molecule has 0 unspecified atom stereocenters. The minimum Gasteiger partial charge on any atom is -0.465 e. The number of esters is 1. The number of furan rings is 1. The van der Waals surface area contributed by atoms with Gasteiger partial charge in [-0.25, -0.2) is 9.48 Å². The molecule has 0 atom stereocenters. The lowest BCUT2D eigenvalue weighted by Crippen LogP contribution is -2.22. The van der Waals surface area contributed by atoms with Crippen molar-refractivity contribution in [1.29, 1.82) is 0 Å². The van der Waals surface area contributed by atoms with E-state index in [4.69, 9.17) is 26.5 Å². The molecule has 0 amide bonds. The predicted molar refractivity (Wildman–Crippen MR) is 111 cm³/mol. The average Bonchev–Trinajstić information content (AvgIpc) is 3.42. The molecule has 2 aromatic heterocycles. The van der Waals surface area contributed by atoms with Crippen molar-refractivity contribution in [2.75, 3.05) is 14.2 Å². The summed E-state index contributed by atoms with van der Waals surface area (Å²) in [6.07, 6.45) is 2.30. The van der Waals surface area contributed by atoms with E-state index in [9.17, 15) is 4.79 Å². The Labute approximate surface area is 174 Å². The van der Waals surface area contributed by atoms with E-state index in [-0.39, 0.29) is 0 Å². The predicted octanol–water partition coefficient (Wildman–Crippen LogP) is 4.06. The van der Waals surface area contributed by atoms with Gasteiger partial charge < -0.3 is 9.15 Å². The number of hydrogen-bond acceptors (Lipinski definition) is 6. The van der Waals surface area contributed by atoms with Crippen LogP contribution in [0.25, 0.3) is 5.69 Å². The van der Waals surface area contributed by atoms with Crippen LogP contribution in [0, 0.1) is 11.7 Å². The summed E-state index contributed by atoms with van der Waals surface area (Å²) in [6, 6.07) is 11.9. The molecule has 0 bridgehead atoms. The van der Waals surface area contributed by atoms with E-state index in [0.29, 0.717) is 41.0 Å². The molecule has 2 heterocycles. The van der Waals surface area contributed by atoms with Crippen LogP contribution in [0.15, 0.2) is 40.8 Å². The van der Waals surface area contributed by atoms with Crippen molar-refractivity contribution in [3.8, 4) is 5.69 Å². The Kier molecular flexibility index (Phi) is 5.38. The van der Waals surface area contributed by atoms with Crippen molar-refractivity contribution >= 4 is 18.2 Å². The summed E-state index contributed by atoms with van der Waals surface area (Å²) in [6.45, 7) is 2.80. The highest BCUT2D eigenvalue weighted by Gasteiger charge is 2.30. The first-order valence-corrected chi connectivity index (χ1v) is 10.00. The molecule has 1 aromatic carbocycles. The number of methoxy groups -OCH3 is 1. The largest absolute Gasteiger partial charge is 0.465 e.